The number of aliphatic hydroxyl groups excluding tert-OH is 2. The largest absolute Gasteiger partial charge is 0.392 e. The van der Waals surface area contributed by atoms with E-state index in [0.29, 0.717) is 29.4 Å². The van der Waals surface area contributed by atoms with Crippen LogP contribution in [0.4, 0.5) is 0 Å². The van der Waals surface area contributed by atoms with Gasteiger partial charge in [-0.15, -0.1) is 0 Å². The lowest BCUT2D eigenvalue weighted by atomic mass is 9.77. The Morgan fingerprint density at radius 2 is 1.92 bits per heavy atom. The number of ketones is 1. The van der Waals surface area contributed by atoms with Crippen LogP contribution in [0.25, 0.3) is 0 Å². The molecule has 4 heteroatoms. The van der Waals surface area contributed by atoms with E-state index in [1.54, 1.807) is 6.92 Å². The highest BCUT2D eigenvalue weighted by Gasteiger charge is 2.60. The lowest BCUT2D eigenvalue weighted by Gasteiger charge is -2.34. The van der Waals surface area contributed by atoms with Gasteiger partial charge in [-0.25, -0.2) is 0 Å². The van der Waals surface area contributed by atoms with Crippen molar-refractivity contribution in [2.45, 2.75) is 64.8 Å². The summed E-state index contributed by atoms with van der Waals surface area (Å²) in [4.78, 5) is 13.0. The van der Waals surface area contributed by atoms with E-state index >= 15 is 0 Å². The summed E-state index contributed by atoms with van der Waals surface area (Å²) in [7, 11) is 0. The monoisotopic (exact) mass is 334 g/mol. The van der Waals surface area contributed by atoms with E-state index in [1.807, 2.05) is 13.0 Å². The van der Waals surface area contributed by atoms with E-state index in [4.69, 9.17) is 0 Å². The van der Waals surface area contributed by atoms with Gasteiger partial charge < -0.3 is 15.3 Å². The second-order valence-electron chi connectivity index (χ2n) is 8.90. The van der Waals surface area contributed by atoms with E-state index in [2.05, 4.69) is 20.4 Å². The molecule has 0 radical (unpaired) electrons. The van der Waals surface area contributed by atoms with Crippen molar-refractivity contribution in [1.29, 1.82) is 0 Å². The topological polar surface area (TPSA) is 77.8 Å². The van der Waals surface area contributed by atoms with Crippen LogP contribution in [0.2, 0.25) is 0 Å². The predicted molar refractivity (Wildman–Crippen MR) is 92.1 cm³/mol. The summed E-state index contributed by atoms with van der Waals surface area (Å²) in [6.45, 7) is 11.9. The SMILES string of the molecule is C=C1CCC2C(/C=C(\C)C(=O)[C@@]3(O)C[C@H](C)[C@H](O)C3[C@@H]1O)C2(C)C. The van der Waals surface area contributed by atoms with Gasteiger partial charge in [0, 0.05) is 0 Å². The van der Waals surface area contributed by atoms with Crippen LogP contribution >= 0.6 is 0 Å². The molecule has 0 aromatic carbocycles. The molecule has 134 valence electrons. The molecule has 3 unspecified atom stereocenters. The first-order chi connectivity index (χ1) is 11.0. The number of rotatable bonds is 0. The average Bonchev–Trinajstić information content (AvgIpc) is 2.91. The van der Waals surface area contributed by atoms with Crippen LogP contribution in [-0.2, 0) is 4.79 Å². The van der Waals surface area contributed by atoms with Gasteiger partial charge in [-0.3, -0.25) is 4.79 Å². The molecule has 0 saturated heterocycles. The van der Waals surface area contributed by atoms with E-state index in [1.165, 1.54) is 0 Å². The molecule has 3 rings (SSSR count). The van der Waals surface area contributed by atoms with E-state index in [-0.39, 0.29) is 23.5 Å². The zero-order chi connectivity index (χ0) is 18.0. The molecule has 0 aliphatic heterocycles. The van der Waals surface area contributed by atoms with Crippen molar-refractivity contribution in [3.63, 3.8) is 0 Å². The summed E-state index contributed by atoms with van der Waals surface area (Å²) in [5, 5.41) is 32.4. The molecule has 4 nitrogen and oxygen atoms in total. The molecule has 0 bridgehead atoms. The molecule has 0 heterocycles. The number of hydrogen-bond donors (Lipinski definition) is 3. The number of hydrogen-bond acceptors (Lipinski definition) is 4. The van der Waals surface area contributed by atoms with Crippen LogP contribution < -0.4 is 0 Å². The quantitative estimate of drug-likeness (QED) is 0.594. The van der Waals surface area contributed by atoms with Crippen molar-refractivity contribution in [2.24, 2.45) is 29.1 Å². The molecular weight excluding hydrogens is 304 g/mol. The lowest BCUT2D eigenvalue weighted by molar-refractivity contribution is -0.144. The third-order valence-corrected chi connectivity index (χ3v) is 6.99. The summed E-state index contributed by atoms with van der Waals surface area (Å²) in [6.07, 6.45) is 1.75. The van der Waals surface area contributed by atoms with Crippen molar-refractivity contribution in [1.82, 2.24) is 0 Å². The van der Waals surface area contributed by atoms with Gasteiger partial charge in [-0.1, -0.05) is 33.4 Å². The van der Waals surface area contributed by atoms with Crippen LogP contribution in [0.3, 0.4) is 0 Å². The maximum absolute atomic E-state index is 13.0. The Morgan fingerprint density at radius 1 is 1.29 bits per heavy atom. The smallest absolute Gasteiger partial charge is 0.190 e. The Bertz CT molecular complexity index is 605. The molecule has 0 spiro atoms. The van der Waals surface area contributed by atoms with Gasteiger partial charge in [0.05, 0.1) is 18.1 Å². The molecule has 2 saturated carbocycles. The van der Waals surface area contributed by atoms with E-state index < -0.39 is 23.7 Å². The van der Waals surface area contributed by atoms with Crippen LogP contribution in [-0.4, -0.2) is 38.9 Å². The lowest BCUT2D eigenvalue weighted by Crippen LogP contribution is -2.50. The van der Waals surface area contributed by atoms with Gasteiger partial charge in [0.1, 0.15) is 5.60 Å². The van der Waals surface area contributed by atoms with Crippen LogP contribution in [0.1, 0.15) is 47.0 Å². The summed E-state index contributed by atoms with van der Waals surface area (Å²) in [5.41, 5.74) is -0.429. The van der Waals surface area contributed by atoms with E-state index in [9.17, 15) is 20.1 Å². The first kappa shape index (κ1) is 17.8. The number of carbonyl (C=O) groups excluding carboxylic acids is 1. The minimum absolute atomic E-state index is 0.135. The number of Topliss-reactive ketones (excluding diaryl/α,β-unsaturated/α-hetero) is 1. The highest BCUT2D eigenvalue weighted by atomic mass is 16.3. The minimum Gasteiger partial charge on any atom is -0.392 e. The van der Waals surface area contributed by atoms with Crippen molar-refractivity contribution >= 4 is 5.78 Å². The Morgan fingerprint density at radius 3 is 2.54 bits per heavy atom. The van der Waals surface area contributed by atoms with Crippen molar-refractivity contribution in [3.8, 4) is 0 Å². The molecule has 0 aromatic heterocycles. The number of carbonyl (C=O) groups is 1. The molecule has 3 aliphatic carbocycles. The third-order valence-electron chi connectivity index (χ3n) is 6.99. The molecule has 0 aromatic rings. The molecule has 24 heavy (non-hydrogen) atoms. The molecule has 7 atom stereocenters. The first-order valence-corrected chi connectivity index (χ1v) is 9.01. The zero-order valence-corrected chi connectivity index (χ0v) is 15.1. The van der Waals surface area contributed by atoms with Gasteiger partial charge in [0.2, 0.25) is 0 Å². The summed E-state index contributed by atoms with van der Waals surface area (Å²) in [6, 6.07) is 0. The number of allylic oxidation sites excluding steroid dienone is 1. The highest BCUT2D eigenvalue weighted by Crippen LogP contribution is 2.62. The van der Waals surface area contributed by atoms with Crippen LogP contribution in [0, 0.1) is 29.1 Å². The summed E-state index contributed by atoms with van der Waals surface area (Å²) >= 11 is 0. The Hall–Kier alpha value is -0.970. The second kappa shape index (κ2) is 5.52. The van der Waals surface area contributed by atoms with Crippen LogP contribution in [0.5, 0.6) is 0 Å². The van der Waals surface area contributed by atoms with Crippen molar-refractivity contribution in [2.75, 3.05) is 0 Å². The standard InChI is InChI=1S/C20H30O4/c1-10-6-7-13-14(19(13,4)5)8-11(2)18(23)20(24)9-12(3)17(22)15(20)16(10)21/h8,12-17,21-22,24H,1,6-7,9H2,2-5H3/b11-8+/t12-,13?,14?,15?,16+,17-,20+/m0/s1. The van der Waals surface area contributed by atoms with Gasteiger partial charge in [0.25, 0.3) is 0 Å². The maximum atomic E-state index is 13.0. The Labute approximate surface area is 144 Å². The van der Waals surface area contributed by atoms with Gasteiger partial charge >= 0.3 is 0 Å². The van der Waals surface area contributed by atoms with Gasteiger partial charge in [0.15, 0.2) is 5.78 Å². The summed E-state index contributed by atoms with van der Waals surface area (Å²) < 4.78 is 0. The maximum Gasteiger partial charge on any atom is 0.190 e. The molecular formula is C20H30O4. The minimum atomic E-state index is -1.72. The van der Waals surface area contributed by atoms with Crippen LogP contribution in [0.15, 0.2) is 23.8 Å². The molecule has 3 N–H and O–H groups in total. The fraction of sp³-hybridized carbons (Fsp3) is 0.750. The fourth-order valence-corrected chi connectivity index (χ4v) is 5.17. The van der Waals surface area contributed by atoms with Gasteiger partial charge in [-0.05, 0) is 60.5 Å². The summed E-state index contributed by atoms with van der Waals surface area (Å²) in [5.74, 6) is -0.729. The fourth-order valence-electron chi connectivity index (χ4n) is 5.17. The molecule has 2 fully saturated rings. The number of fused-ring (bicyclic) bond motifs is 2. The highest BCUT2D eigenvalue weighted by molar-refractivity contribution is 6.02. The van der Waals surface area contributed by atoms with E-state index in [0.717, 1.165) is 6.42 Å². The molecule has 0 amide bonds. The Kier molecular flexibility index (Phi) is 4.10. The second-order valence-corrected chi connectivity index (χ2v) is 8.90. The van der Waals surface area contributed by atoms with Crippen molar-refractivity contribution < 1.29 is 20.1 Å². The predicted octanol–water partition coefficient (Wildman–Crippen LogP) is 2.23. The normalized spacial score (nSPS) is 50.4. The first-order valence-electron chi connectivity index (χ1n) is 9.01. The molecule has 3 aliphatic rings. The van der Waals surface area contributed by atoms with Crippen molar-refractivity contribution in [3.05, 3.63) is 23.8 Å². The Balaban J connectivity index is 2.04. The van der Waals surface area contributed by atoms with Gasteiger partial charge in [-0.2, -0.15) is 0 Å². The zero-order valence-electron chi connectivity index (χ0n) is 15.1. The number of aliphatic hydroxyl groups is 3. The average molecular weight is 334 g/mol. The third kappa shape index (κ3) is 2.42.